The molecule has 5 heterocycles. The summed E-state index contributed by atoms with van der Waals surface area (Å²) in [5.41, 5.74) is 4.43. The lowest BCUT2D eigenvalue weighted by Gasteiger charge is -2.48. The Kier molecular flexibility index (Phi) is 7.54. The van der Waals surface area contributed by atoms with Gasteiger partial charge in [-0.2, -0.15) is 4.98 Å². The van der Waals surface area contributed by atoms with E-state index in [1.165, 1.54) is 11.1 Å². The van der Waals surface area contributed by atoms with Crippen LogP contribution in [0.1, 0.15) is 49.7 Å². The van der Waals surface area contributed by atoms with Crippen molar-refractivity contribution >= 4 is 54.6 Å². The monoisotopic (exact) mass is 692 g/mol. The van der Waals surface area contributed by atoms with E-state index in [0.717, 1.165) is 70.8 Å². The number of aryl methyl sites for hydroxylation is 1. The summed E-state index contributed by atoms with van der Waals surface area (Å²) in [4.78, 5) is 15.2. The van der Waals surface area contributed by atoms with Crippen LogP contribution in [0.15, 0.2) is 63.8 Å². The molecule has 2 aliphatic heterocycles. The predicted molar refractivity (Wildman–Crippen MR) is 171 cm³/mol. The van der Waals surface area contributed by atoms with Crippen LogP contribution in [0.25, 0.3) is 16.9 Å². The van der Waals surface area contributed by atoms with Crippen LogP contribution in [0.3, 0.4) is 0 Å². The summed E-state index contributed by atoms with van der Waals surface area (Å²) in [6, 6.07) is 18.0. The number of anilines is 1. The quantitative estimate of drug-likeness (QED) is 0.210. The smallest absolute Gasteiger partial charge is 0.258 e. The zero-order valence-electron chi connectivity index (χ0n) is 24.0. The highest BCUT2D eigenvalue weighted by molar-refractivity contribution is 9.10. The van der Waals surface area contributed by atoms with Gasteiger partial charge in [0, 0.05) is 40.7 Å². The molecule has 5 aromatic rings. The molecule has 7 rings (SSSR count). The molecule has 9 nitrogen and oxygen atoms in total. The van der Waals surface area contributed by atoms with Gasteiger partial charge in [-0.05, 0) is 69.0 Å². The van der Waals surface area contributed by atoms with Crippen LogP contribution >= 0.6 is 31.9 Å². The molecule has 218 valence electrons. The minimum absolute atomic E-state index is 0.130. The van der Waals surface area contributed by atoms with E-state index in [4.69, 9.17) is 14.7 Å². The van der Waals surface area contributed by atoms with Crippen molar-refractivity contribution in [2.24, 2.45) is 0 Å². The Hall–Kier alpha value is -2.86. The zero-order chi connectivity index (χ0) is 29.0. The number of aromatic nitrogens is 6. The lowest BCUT2D eigenvalue weighted by atomic mass is 9.93. The van der Waals surface area contributed by atoms with Crippen molar-refractivity contribution in [1.82, 2.24) is 34.0 Å². The first-order valence-electron chi connectivity index (χ1n) is 14.6. The first-order chi connectivity index (χ1) is 20.4. The standard InChI is InChI=1S/C31H34Br2N8O/c1-19-16-39(20(2)15-38(19)28(22-6-10-24(32)11-7-22)23-8-12-25(33)13-9-23)29-27-30(41-18-34-37-31(41)36-29)40(21(3)35-27)17-26-5-4-14-42-26/h6-13,18-20,26,28H,4-5,14-17H2,1-3H3/t19-,20+,26?/m1/s1. The van der Waals surface area contributed by atoms with E-state index in [1.807, 2.05) is 4.40 Å². The van der Waals surface area contributed by atoms with Gasteiger partial charge in [0.2, 0.25) is 0 Å². The Morgan fingerprint density at radius 1 is 0.929 bits per heavy atom. The van der Waals surface area contributed by atoms with Crippen LogP contribution in [0.4, 0.5) is 5.82 Å². The second kappa shape index (κ2) is 11.3. The summed E-state index contributed by atoms with van der Waals surface area (Å²) in [5.74, 6) is 2.42. The number of benzene rings is 2. The minimum Gasteiger partial charge on any atom is -0.376 e. The topological polar surface area (TPSA) is 76.6 Å². The van der Waals surface area contributed by atoms with Crippen molar-refractivity contribution in [3.05, 3.63) is 80.8 Å². The third-order valence-electron chi connectivity index (χ3n) is 8.73. The third-order valence-corrected chi connectivity index (χ3v) is 9.78. The molecule has 3 aromatic heterocycles. The Balaban J connectivity index is 1.26. The first kappa shape index (κ1) is 27.9. The lowest BCUT2D eigenvalue weighted by molar-refractivity contribution is 0.0972. The molecule has 0 amide bonds. The molecular formula is C31H34Br2N8O. The van der Waals surface area contributed by atoms with E-state index in [9.17, 15) is 0 Å². The minimum atomic E-state index is 0.130. The van der Waals surface area contributed by atoms with Crippen LogP contribution in [0.5, 0.6) is 0 Å². The fourth-order valence-corrected chi connectivity index (χ4v) is 7.16. The molecule has 2 fully saturated rings. The van der Waals surface area contributed by atoms with Gasteiger partial charge in [-0.1, -0.05) is 56.1 Å². The number of hydrogen-bond acceptors (Lipinski definition) is 7. The predicted octanol–water partition coefficient (Wildman–Crippen LogP) is 6.18. The summed E-state index contributed by atoms with van der Waals surface area (Å²) < 4.78 is 12.4. The van der Waals surface area contributed by atoms with Gasteiger partial charge >= 0.3 is 0 Å². The first-order valence-corrected chi connectivity index (χ1v) is 16.2. The van der Waals surface area contributed by atoms with Crippen molar-refractivity contribution in [3.8, 4) is 0 Å². The average Bonchev–Trinajstić information content (AvgIpc) is 3.73. The molecule has 0 aliphatic carbocycles. The molecule has 2 aromatic carbocycles. The number of hydrogen-bond donors (Lipinski definition) is 0. The number of fused-ring (bicyclic) bond motifs is 3. The van der Waals surface area contributed by atoms with Gasteiger partial charge in [-0.3, -0.25) is 4.90 Å². The van der Waals surface area contributed by atoms with Gasteiger partial charge in [0.1, 0.15) is 17.7 Å². The van der Waals surface area contributed by atoms with Crippen LogP contribution < -0.4 is 4.90 Å². The van der Waals surface area contributed by atoms with Gasteiger partial charge in [-0.25, -0.2) is 9.38 Å². The Bertz CT molecular complexity index is 1670. The number of imidazole rings is 1. The second-order valence-electron chi connectivity index (χ2n) is 11.6. The van der Waals surface area contributed by atoms with Gasteiger partial charge < -0.3 is 14.2 Å². The van der Waals surface area contributed by atoms with E-state index in [-0.39, 0.29) is 24.2 Å². The van der Waals surface area contributed by atoms with Crippen LogP contribution in [0, 0.1) is 6.92 Å². The molecule has 0 N–H and O–H groups in total. The van der Waals surface area contributed by atoms with E-state index >= 15 is 0 Å². The summed E-state index contributed by atoms with van der Waals surface area (Å²) in [5, 5.41) is 8.59. The summed E-state index contributed by atoms with van der Waals surface area (Å²) in [7, 11) is 0. The van der Waals surface area contributed by atoms with Crippen molar-refractivity contribution in [3.63, 3.8) is 0 Å². The van der Waals surface area contributed by atoms with Crippen molar-refractivity contribution < 1.29 is 4.74 Å². The van der Waals surface area contributed by atoms with E-state index in [2.05, 4.69) is 126 Å². The molecule has 1 unspecified atom stereocenters. The molecule has 3 atom stereocenters. The van der Waals surface area contributed by atoms with E-state index in [0.29, 0.717) is 5.78 Å². The summed E-state index contributed by atoms with van der Waals surface area (Å²) in [6.07, 6.45) is 4.11. The van der Waals surface area contributed by atoms with Gasteiger partial charge in [-0.15, -0.1) is 10.2 Å². The molecule has 0 saturated carbocycles. The van der Waals surface area contributed by atoms with Gasteiger partial charge in [0.25, 0.3) is 5.78 Å². The Morgan fingerprint density at radius 2 is 1.62 bits per heavy atom. The van der Waals surface area contributed by atoms with Crippen molar-refractivity contribution in [1.29, 1.82) is 0 Å². The van der Waals surface area contributed by atoms with Crippen molar-refractivity contribution in [2.45, 2.75) is 64.4 Å². The zero-order valence-corrected chi connectivity index (χ0v) is 27.2. The summed E-state index contributed by atoms with van der Waals surface area (Å²) >= 11 is 7.23. The van der Waals surface area contributed by atoms with Gasteiger partial charge in [0.05, 0.1) is 18.7 Å². The molecule has 11 heteroatoms. The summed E-state index contributed by atoms with van der Waals surface area (Å²) in [6.45, 7) is 9.95. The Labute approximate surface area is 262 Å². The molecule has 2 saturated heterocycles. The molecule has 2 aliphatic rings. The fraction of sp³-hybridized carbons (Fsp3) is 0.419. The maximum atomic E-state index is 6.00. The number of nitrogens with zero attached hydrogens (tertiary/aromatic N) is 8. The van der Waals surface area contributed by atoms with Crippen LogP contribution in [0.2, 0.25) is 0 Å². The van der Waals surface area contributed by atoms with Crippen LogP contribution in [-0.2, 0) is 11.3 Å². The highest BCUT2D eigenvalue weighted by atomic mass is 79.9. The maximum Gasteiger partial charge on any atom is 0.258 e. The number of halogens is 2. The largest absolute Gasteiger partial charge is 0.376 e. The molecular weight excluding hydrogens is 660 g/mol. The normalized spacial score (nSPS) is 21.8. The number of piperazine rings is 1. The third kappa shape index (κ3) is 5.04. The SMILES string of the molecule is Cc1nc2c(N3C[C@@H](C)N(C(c4ccc(Br)cc4)c4ccc(Br)cc4)C[C@@H]3C)nc3nncn3c2n1CC1CCCO1. The fourth-order valence-electron chi connectivity index (χ4n) is 6.63. The second-order valence-corrected chi connectivity index (χ2v) is 13.4. The number of rotatable bonds is 6. The van der Waals surface area contributed by atoms with E-state index in [1.54, 1.807) is 6.33 Å². The van der Waals surface area contributed by atoms with Crippen LogP contribution in [-0.4, -0.2) is 71.9 Å². The van der Waals surface area contributed by atoms with E-state index < -0.39 is 0 Å². The Morgan fingerprint density at radius 3 is 2.26 bits per heavy atom. The molecule has 42 heavy (non-hydrogen) atoms. The average molecular weight is 694 g/mol. The lowest BCUT2D eigenvalue weighted by Crippen LogP contribution is -2.57. The van der Waals surface area contributed by atoms with Crippen molar-refractivity contribution in [2.75, 3.05) is 24.6 Å². The highest BCUT2D eigenvalue weighted by Crippen LogP contribution is 2.37. The molecule has 0 spiro atoms. The van der Waals surface area contributed by atoms with Gasteiger partial charge in [0.15, 0.2) is 11.5 Å². The number of ether oxygens (including phenoxy) is 1. The molecule has 0 bridgehead atoms. The maximum absolute atomic E-state index is 6.00. The highest BCUT2D eigenvalue weighted by Gasteiger charge is 2.37. The molecule has 0 radical (unpaired) electrons.